The Hall–Kier alpha value is -1.79. The quantitative estimate of drug-likeness (QED) is 0.681. The van der Waals surface area contributed by atoms with Gasteiger partial charge in [-0.3, -0.25) is 9.59 Å². The van der Waals surface area contributed by atoms with E-state index in [1.807, 2.05) is 0 Å². The Balaban J connectivity index is 2.95. The summed E-state index contributed by atoms with van der Waals surface area (Å²) in [6.07, 6.45) is -0.0650. The van der Waals surface area contributed by atoms with Gasteiger partial charge in [0.05, 0.1) is 0 Å². The maximum atomic E-state index is 12.3. The first-order chi connectivity index (χ1) is 11.1. The number of aliphatic carboxylic acids is 1. The molecule has 2 atom stereocenters. The van der Waals surface area contributed by atoms with Crippen LogP contribution in [0.25, 0.3) is 0 Å². The van der Waals surface area contributed by atoms with Gasteiger partial charge in [0, 0.05) is 23.4 Å². The highest BCUT2D eigenvalue weighted by atomic mass is 35.5. The molecule has 1 rings (SSSR count). The van der Waals surface area contributed by atoms with Crippen molar-refractivity contribution in [2.45, 2.75) is 39.3 Å². The van der Waals surface area contributed by atoms with Gasteiger partial charge >= 0.3 is 5.97 Å². The van der Waals surface area contributed by atoms with Crippen LogP contribution in [0, 0.1) is 5.92 Å². The molecule has 1 aromatic carbocycles. The van der Waals surface area contributed by atoms with E-state index in [0.717, 1.165) is 0 Å². The maximum absolute atomic E-state index is 12.3. The molecule has 0 radical (unpaired) electrons. The number of nitrogens with one attached hydrogen (secondary N) is 2. The van der Waals surface area contributed by atoms with Gasteiger partial charge in [0.25, 0.3) is 0 Å². The Kier molecular flexibility index (Phi) is 7.51. The fourth-order valence-electron chi connectivity index (χ4n) is 2.15. The summed E-state index contributed by atoms with van der Waals surface area (Å²) in [7, 11) is 0. The Morgan fingerprint density at radius 2 is 1.67 bits per heavy atom. The number of carbonyl (C=O) groups excluding carboxylic acids is 2. The Morgan fingerprint density at radius 3 is 2.08 bits per heavy atom. The van der Waals surface area contributed by atoms with Gasteiger partial charge in [-0.1, -0.05) is 43.1 Å². The third-order valence-corrected chi connectivity index (χ3v) is 4.10. The molecule has 8 heteroatoms. The van der Waals surface area contributed by atoms with Crippen molar-refractivity contribution >= 4 is 41.0 Å². The van der Waals surface area contributed by atoms with E-state index >= 15 is 0 Å². The van der Waals surface area contributed by atoms with Gasteiger partial charge in [0.15, 0.2) is 0 Å². The van der Waals surface area contributed by atoms with E-state index in [1.165, 1.54) is 6.92 Å². The average molecular weight is 375 g/mol. The van der Waals surface area contributed by atoms with Gasteiger partial charge in [-0.05, 0) is 23.6 Å². The highest BCUT2D eigenvalue weighted by Crippen LogP contribution is 2.25. The van der Waals surface area contributed by atoms with Gasteiger partial charge < -0.3 is 15.7 Å². The van der Waals surface area contributed by atoms with E-state index in [0.29, 0.717) is 15.6 Å². The third-order valence-electron chi connectivity index (χ3n) is 3.39. The van der Waals surface area contributed by atoms with Crippen molar-refractivity contribution in [2.24, 2.45) is 5.92 Å². The summed E-state index contributed by atoms with van der Waals surface area (Å²) in [5, 5.41) is 15.0. The van der Waals surface area contributed by atoms with Crippen molar-refractivity contribution in [1.29, 1.82) is 0 Å². The highest BCUT2D eigenvalue weighted by molar-refractivity contribution is 6.36. The molecule has 6 nitrogen and oxygen atoms in total. The number of carboxylic acid groups (broad SMARTS) is 1. The fourth-order valence-corrected chi connectivity index (χ4v) is 2.70. The van der Waals surface area contributed by atoms with Crippen molar-refractivity contribution < 1.29 is 19.5 Å². The van der Waals surface area contributed by atoms with Crippen LogP contribution in [0.4, 0.5) is 0 Å². The fraction of sp³-hybridized carbons (Fsp3) is 0.438. The molecule has 0 fully saturated rings. The normalized spacial score (nSPS) is 13.2. The van der Waals surface area contributed by atoms with Crippen LogP contribution in [0.1, 0.15) is 26.3 Å². The molecule has 1 aromatic rings. The number of hydrogen-bond acceptors (Lipinski definition) is 3. The Bertz CT molecular complexity index is 614. The molecule has 2 amide bonds. The molecule has 0 aliphatic rings. The largest absolute Gasteiger partial charge is 0.480 e. The second-order valence-electron chi connectivity index (χ2n) is 5.73. The molecule has 0 heterocycles. The molecule has 0 saturated heterocycles. The van der Waals surface area contributed by atoms with E-state index in [2.05, 4.69) is 10.6 Å². The van der Waals surface area contributed by atoms with Crippen molar-refractivity contribution in [1.82, 2.24) is 10.6 Å². The topological polar surface area (TPSA) is 95.5 Å². The number of rotatable bonds is 7. The van der Waals surface area contributed by atoms with Gasteiger partial charge in [-0.25, -0.2) is 4.79 Å². The van der Waals surface area contributed by atoms with E-state index in [-0.39, 0.29) is 18.2 Å². The molecular weight excluding hydrogens is 355 g/mol. The summed E-state index contributed by atoms with van der Waals surface area (Å²) in [5.74, 6) is -2.36. The minimum Gasteiger partial charge on any atom is -0.480 e. The molecule has 132 valence electrons. The summed E-state index contributed by atoms with van der Waals surface area (Å²) in [6.45, 7) is 4.79. The van der Waals surface area contributed by atoms with Crippen LogP contribution < -0.4 is 10.6 Å². The molecule has 0 aliphatic carbocycles. The van der Waals surface area contributed by atoms with Crippen LogP contribution in [0.2, 0.25) is 10.0 Å². The summed E-state index contributed by atoms with van der Waals surface area (Å²) in [4.78, 5) is 35.0. The Morgan fingerprint density at radius 1 is 1.12 bits per heavy atom. The molecule has 0 spiro atoms. The van der Waals surface area contributed by atoms with Gasteiger partial charge in [-0.2, -0.15) is 0 Å². The zero-order chi connectivity index (χ0) is 18.4. The van der Waals surface area contributed by atoms with E-state index < -0.39 is 24.0 Å². The zero-order valence-corrected chi connectivity index (χ0v) is 15.1. The maximum Gasteiger partial charge on any atom is 0.326 e. The number of hydrogen-bond donors (Lipinski definition) is 3. The van der Waals surface area contributed by atoms with Gasteiger partial charge in [0.2, 0.25) is 11.8 Å². The first-order valence-corrected chi connectivity index (χ1v) is 8.12. The number of benzene rings is 1. The lowest BCUT2D eigenvalue weighted by Gasteiger charge is -2.24. The number of halogens is 2. The molecule has 0 saturated carbocycles. The number of amides is 2. The van der Waals surface area contributed by atoms with E-state index in [1.54, 1.807) is 32.0 Å². The van der Waals surface area contributed by atoms with Crippen LogP contribution in [0.15, 0.2) is 18.2 Å². The molecular formula is C16H20Cl2N2O4. The number of carbonyl (C=O) groups is 3. The minimum absolute atomic E-state index is 0.0650. The van der Waals surface area contributed by atoms with Crippen molar-refractivity contribution in [2.75, 3.05) is 0 Å². The van der Waals surface area contributed by atoms with Crippen molar-refractivity contribution in [3.05, 3.63) is 33.8 Å². The van der Waals surface area contributed by atoms with E-state index in [4.69, 9.17) is 23.2 Å². The molecule has 0 aliphatic heterocycles. The summed E-state index contributed by atoms with van der Waals surface area (Å²) < 4.78 is 0. The standard InChI is InChI=1S/C16H20Cl2N2O4/c1-8(2)14(19-9(3)21)15(22)20-13(16(23)24)7-10-11(17)5-4-6-12(10)18/h4-6,8,13-14H,7H2,1-3H3,(H,19,21)(H,20,22)(H,23,24)/t13-,14-/m1/s1. The minimum atomic E-state index is -1.22. The van der Waals surface area contributed by atoms with Crippen LogP contribution in [-0.2, 0) is 20.8 Å². The molecule has 3 N–H and O–H groups in total. The second kappa shape index (κ2) is 8.89. The SMILES string of the molecule is CC(=O)N[C@@H](C(=O)N[C@H](Cc1c(Cl)cccc1Cl)C(=O)O)C(C)C. The van der Waals surface area contributed by atoms with Crippen LogP contribution >= 0.6 is 23.2 Å². The lowest BCUT2D eigenvalue weighted by molar-refractivity contribution is -0.142. The first kappa shape index (κ1) is 20.3. The van der Waals surface area contributed by atoms with Gasteiger partial charge in [0.1, 0.15) is 12.1 Å². The molecule has 0 bridgehead atoms. The van der Waals surface area contributed by atoms with Crippen LogP contribution in [0.3, 0.4) is 0 Å². The van der Waals surface area contributed by atoms with Crippen LogP contribution in [0.5, 0.6) is 0 Å². The number of carboxylic acids is 1. The zero-order valence-electron chi connectivity index (χ0n) is 13.6. The summed E-state index contributed by atoms with van der Waals surface area (Å²) >= 11 is 12.1. The monoisotopic (exact) mass is 374 g/mol. The molecule has 0 unspecified atom stereocenters. The highest BCUT2D eigenvalue weighted by Gasteiger charge is 2.28. The lowest BCUT2D eigenvalue weighted by Crippen LogP contribution is -2.53. The molecule has 0 aromatic heterocycles. The second-order valence-corrected chi connectivity index (χ2v) is 6.54. The van der Waals surface area contributed by atoms with Gasteiger partial charge in [-0.15, -0.1) is 0 Å². The average Bonchev–Trinajstić information content (AvgIpc) is 2.46. The smallest absolute Gasteiger partial charge is 0.326 e. The predicted molar refractivity (Wildman–Crippen MR) is 92.2 cm³/mol. The third kappa shape index (κ3) is 5.69. The lowest BCUT2D eigenvalue weighted by atomic mass is 10.0. The van der Waals surface area contributed by atoms with Crippen molar-refractivity contribution in [3.8, 4) is 0 Å². The summed E-state index contributed by atoms with van der Waals surface area (Å²) in [6, 6.07) is 2.79. The summed E-state index contributed by atoms with van der Waals surface area (Å²) in [5.41, 5.74) is 0.439. The van der Waals surface area contributed by atoms with E-state index in [9.17, 15) is 19.5 Å². The first-order valence-electron chi connectivity index (χ1n) is 7.36. The predicted octanol–water partition coefficient (Wildman–Crippen LogP) is 2.27. The van der Waals surface area contributed by atoms with Crippen LogP contribution in [-0.4, -0.2) is 35.0 Å². The Labute approximate surface area is 150 Å². The molecule has 24 heavy (non-hydrogen) atoms. The van der Waals surface area contributed by atoms with Crippen molar-refractivity contribution in [3.63, 3.8) is 0 Å².